The summed E-state index contributed by atoms with van der Waals surface area (Å²) in [5.41, 5.74) is 1.57. The maximum Gasteiger partial charge on any atom is 0.322 e. The van der Waals surface area contributed by atoms with Crippen molar-refractivity contribution in [1.82, 2.24) is 14.5 Å². The molecule has 4 rings (SSSR count). The molecule has 3 aromatic carbocycles. The van der Waals surface area contributed by atoms with Gasteiger partial charge in [-0.25, -0.2) is 9.78 Å². The highest BCUT2D eigenvalue weighted by Crippen LogP contribution is 2.30. The van der Waals surface area contributed by atoms with E-state index in [-0.39, 0.29) is 11.6 Å². The highest BCUT2D eigenvalue weighted by atomic mass is 16.5. The maximum absolute atomic E-state index is 14.0. The number of methoxy groups -OCH3 is 2. The van der Waals surface area contributed by atoms with E-state index in [0.29, 0.717) is 58.5 Å². The molecule has 0 aliphatic rings. The van der Waals surface area contributed by atoms with E-state index in [1.165, 1.54) is 0 Å². The number of rotatable bonds is 10. The Balaban J connectivity index is 1.89. The Morgan fingerprint density at radius 2 is 1.74 bits per heavy atom. The number of para-hydroxylation sites is 3. The lowest BCUT2D eigenvalue weighted by atomic mass is 10.1. The van der Waals surface area contributed by atoms with Gasteiger partial charge in [0.2, 0.25) is 0 Å². The SMILES string of the molecule is CCC(c1nc2ccccc2c(=O)n1-c1ccccc1OC)N(CCC(C)C)C(=O)Nc1cccc(OC)c1. The highest BCUT2D eigenvalue weighted by molar-refractivity contribution is 5.90. The minimum absolute atomic E-state index is 0.212. The summed E-state index contributed by atoms with van der Waals surface area (Å²) in [4.78, 5) is 34.6. The molecule has 1 aromatic heterocycles. The van der Waals surface area contributed by atoms with Gasteiger partial charge in [0, 0.05) is 18.3 Å². The van der Waals surface area contributed by atoms with Gasteiger partial charge in [-0.3, -0.25) is 9.36 Å². The van der Waals surface area contributed by atoms with Crippen molar-refractivity contribution in [3.8, 4) is 17.2 Å². The third kappa shape index (κ3) is 6.06. The summed E-state index contributed by atoms with van der Waals surface area (Å²) in [5.74, 6) is 2.04. The van der Waals surface area contributed by atoms with Gasteiger partial charge in [-0.05, 0) is 55.2 Å². The second kappa shape index (κ2) is 12.5. The molecule has 0 aliphatic carbocycles. The monoisotopic (exact) mass is 528 g/mol. The molecular formula is C31H36N4O4. The number of nitrogens with zero attached hydrogens (tertiary/aromatic N) is 3. The topological polar surface area (TPSA) is 85.7 Å². The van der Waals surface area contributed by atoms with E-state index in [1.807, 2.05) is 67.6 Å². The van der Waals surface area contributed by atoms with Crippen molar-refractivity contribution < 1.29 is 14.3 Å². The molecule has 0 bridgehead atoms. The van der Waals surface area contributed by atoms with Crippen LogP contribution in [0.2, 0.25) is 0 Å². The molecule has 1 atom stereocenters. The van der Waals surface area contributed by atoms with Gasteiger partial charge in [0.05, 0.1) is 36.9 Å². The molecule has 0 saturated heterocycles. The van der Waals surface area contributed by atoms with E-state index in [0.717, 1.165) is 6.42 Å². The number of carbonyl (C=O) groups excluding carboxylic acids is 1. The van der Waals surface area contributed by atoms with Gasteiger partial charge in [0.15, 0.2) is 0 Å². The van der Waals surface area contributed by atoms with Crippen LogP contribution in [0.4, 0.5) is 10.5 Å². The predicted molar refractivity (Wildman–Crippen MR) is 155 cm³/mol. The summed E-state index contributed by atoms with van der Waals surface area (Å²) in [6.45, 7) is 6.73. The number of nitrogens with one attached hydrogen (secondary N) is 1. The van der Waals surface area contributed by atoms with E-state index in [1.54, 1.807) is 35.8 Å². The van der Waals surface area contributed by atoms with E-state index >= 15 is 0 Å². The lowest BCUT2D eigenvalue weighted by molar-refractivity contribution is 0.176. The molecular weight excluding hydrogens is 492 g/mol. The molecule has 0 aliphatic heterocycles. The van der Waals surface area contributed by atoms with Crippen molar-refractivity contribution in [2.75, 3.05) is 26.1 Å². The number of benzene rings is 3. The van der Waals surface area contributed by atoms with Crippen molar-refractivity contribution in [2.45, 2.75) is 39.7 Å². The number of fused-ring (bicyclic) bond motifs is 1. The van der Waals surface area contributed by atoms with Crippen molar-refractivity contribution >= 4 is 22.6 Å². The molecule has 204 valence electrons. The van der Waals surface area contributed by atoms with Crippen LogP contribution in [-0.4, -0.2) is 41.2 Å². The maximum atomic E-state index is 14.0. The minimum Gasteiger partial charge on any atom is -0.497 e. The molecule has 8 heteroatoms. The lowest BCUT2D eigenvalue weighted by Crippen LogP contribution is -2.41. The van der Waals surface area contributed by atoms with Gasteiger partial charge in [-0.1, -0.05) is 51.1 Å². The molecule has 1 unspecified atom stereocenters. The average Bonchev–Trinajstić information content (AvgIpc) is 2.95. The number of ether oxygens (including phenoxy) is 2. The Morgan fingerprint density at radius 3 is 2.46 bits per heavy atom. The molecule has 1 N–H and O–H groups in total. The zero-order chi connectivity index (χ0) is 27.9. The molecule has 0 fully saturated rings. The number of amides is 2. The summed E-state index contributed by atoms with van der Waals surface area (Å²) >= 11 is 0. The smallest absolute Gasteiger partial charge is 0.322 e. The van der Waals surface area contributed by atoms with E-state index in [9.17, 15) is 9.59 Å². The van der Waals surface area contributed by atoms with E-state index < -0.39 is 6.04 Å². The number of aromatic nitrogens is 2. The van der Waals surface area contributed by atoms with Crippen LogP contribution in [0.1, 0.15) is 45.5 Å². The van der Waals surface area contributed by atoms with Crippen molar-refractivity contribution in [3.63, 3.8) is 0 Å². The molecule has 0 spiro atoms. The van der Waals surface area contributed by atoms with Crippen molar-refractivity contribution in [2.24, 2.45) is 5.92 Å². The fourth-order valence-corrected chi connectivity index (χ4v) is 4.66. The Hall–Kier alpha value is -4.33. The number of anilines is 1. The summed E-state index contributed by atoms with van der Waals surface area (Å²) in [5, 5.41) is 3.52. The molecule has 8 nitrogen and oxygen atoms in total. The second-order valence-corrected chi connectivity index (χ2v) is 9.76. The second-order valence-electron chi connectivity index (χ2n) is 9.76. The fraction of sp³-hybridized carbons (Fsp3) is 0.323. The predicted octanol–water partition coefficient (Wildman–Crippen LogP) is 6.43. The molecule has 0 radical (unpaired) electrons. The van der Waals surface area contributed by atoms with Crippen LogP contribution in [-0.2, 0) is 0 Å². The first-order chi connectivity index (χ1) is 18.9. The molecule has 39 heavy (non-hydrogen) atoms. The van der Waals surface area contributed by atoms with Gasteiger partial charge < -0.3 is 19.7 Å². The number of urea groups is 1. The van der Waals surface area contributed by atoms with Crippen molar-refractivity contribution in [3.05, 3.63) is 89.0 Å². The van der Waals surface area contributed by atoms with Crippen LogP contribution in [0.25, 0.3) is 16.6 Å². The Labute approximate surface area is 229 Å². The highest BCUT2D eigenvalue weighted by Gasteiger charge is 2.30. The van der Waals surface area contributed by atoms with Gasteiger partial charge in [0.1, 0.15) is 17.3 Å². The van der Waals surface area contributed by atoms with E-state index in [4.69, 9.17) is 14.5 Å². The quantitative estimate of drug-likeness (QED) is 0.256. The normalized spacial score (nSPS) is 11.8. The van der Waals surface area contributed by atoms with Crippen LogP contribution >= 0.6 is 0 Å². The van der Waals surface area contributed by atoms with Gasteiger partial charge in [0.25, 0.3) is 5.56 Å². The third-order valence-corrected chi connectivity index (χ3v) is 6.72. The number of carbonyl (C=O) groups is 1. The Kier molecular flexibility index (Phi) is 8.86. The largest absolute Gasteiger partial charge is 0.497 e. The van der Waals surface area contributed by atoms with Crippen LogP contribution in [0.3, 0.4) is 0 Å². The fourth-order valence-electron chi connectivity index (χ4n) is 4.66. The number of hydrogen-bond donors (Lipinski definition) is 1. The first kappa shape index (κ1) is 27.7. The van der Waals surface area contributed by atoms with Crippen LogP contribution in [0.5, 0.6) is 11.5 Å². The molecule has 1 heterocycles. The van der Waals surface area contributed by atoms with Gasteiger partial charge in [-0.2, -0.15) is 0 Å². The van der Waals surface area contributed by atoms with Gasteiger partial charge in [-0.15, -0.1) is 0 Å². The minimum atomic E-state index is -0.489. The van der Waals surface area contributed by atoms with E-state index in [2.05, 4.69) is 19.2 Å². The molecule has 4 aromatic rings. The first-order valence-corrected chi connectivity index (χ1v) is 13.2. The summed E-state index contributed by atoms with van der Waals surface area (Å²) < 4.78 is 12.6. The zero-order valence-corrected chi connectivity index (χ0v) is 23.2. The summed E-state index contributed by atoms with van der Waals surface area (Å²) in [7, 11) is 3.16. The summed E-state index contributed by atoms with van der Waals surface area (Å²) in [6.07, 6.45) is 1.33. The van der Waals surface area contributed by atoms with Gasteiger partial charge >= 0.3 is 6.03 Å². The average molecular weight is 529 g/mol. The van der Waals surface area contributed by atoms with Crippen molar-refractivity contribution in [1.29, 1.82) is 0 Å². The lowest BCUT2D eigenvalue weighted by Gasteiger charge is -2.33. The number of hydrogen-bond acceptors (Lipinski definition) is 5. The third-order valence-electron chi connectivity index (χ3n) is 6.72. The zero-order valence-electron chi connectivity index (χ0n) is 23.2. The van der Waals surface area contributed by atoms with Crippen LogP contribution < -0.4 is 20.3 Å². The summed E-state index contributed by atoms with van der Waals surface area (Å²) in [6, 6.07) is 21.1. The first-order valence-electron chi connectivity index (χ1n) is 13.2. The molecule has 2 amide bonds. The Bertz CT molecular complexity index is 1500. The van der Waals surface area contributed by atoms with Crippen LogP contribution in [0.15, 0.2) is 77.6 Å². The van der Waals surface area contributed by atoms with Crippen LogP contribution in [0, 0.1) is 5.92 Å². The Morgan fingerprint density at radius 1 is 1.00 bits per heavy atom. The standard InChI is InChI=1S/C31H36N4O4/c1-6-26(34(19-18-21(2)3)31(37)32-22-12-11-13-23(20-22)38-4)29-33-25-15-8-7-14-24(25)30(36)35(29)27-16-9-10-17-28(27)39-5/h7-17,20-21,26H,6,18-19H2,1-5H3,(H,32,37). The molecule has 0 saturated carbocycles.